The van der Waals surface area contributed by atoms with E-state index in [0.29, 0.717) is 12.0 Å². The van der Waals surface area contributed by atoms with Gasteiger partial charge in [-0.05, 0) is 52.2 Å². The predicted molar refractivity (Wildman–Crippen MR) is 99.8 cm³/mol. The van der Waals surface area contributed by atoms with Gasteiger partial charge >= 0.3 is 18.0 Å². The second-order valence-electron chi connectivity index (χ2n) is 7.05. The number of carbonyl (C=O) groups is 3. The first-order chi connectivity index (χ1) is 12.4. The number of ether oxygens (including phenoxy) is 2. The molecule has 1 aromatic rings. The summed E-state index contributed by atoms with van der Waals surface area (Å²) in [5.41, 5.74) is -0.260. The van der Waals surface area contributed by atoms with Crippen molar-refractivity contribution >= 4 is 35.5 Å². The molecule has 150 valence electrons. The van der Waals surface area contributed by atoms with Crippen molar-refractivity contribution in [1.82, 2.24) is 4.98 Å². The standard InChI is InChI=1S/C18H25ClN2O6/c1-6-10(2)26-16(24)12(15(22)23)7-11-8-13(19)14(20-9-11)21-17(25)27-18(3,4)5/h8-10,12H,6-7H2,1-5H3,(H,22,23)(H,20,21,25). The lowest BCUT2D eigenvalue weighted by atomic mass is 10.0. The zero-order valence-corrected chi connectivity index (χ0v) is 16.8. The lowest BCUT2D eigenvalue weighted by Gasteiger charge is -2.20. The van der Waals surface area contributed by atoms with E-state index < -0.39 is 29.6 Å². The molecule has 0 saturated heterocycles. The number of carboxylic acids is 1. The highest BCUT2D eigenvalue weighted by molar-refractivity contribution is 6.33. The summed E-state index contributed by atoms with van der Waals surface area (Å²) < 4.78 is 10.2. The third-order valence-electron chi connectivity index (χ3n) is 3.43. The number of esters is 1. The zero-order valence-electron chi connectivity index (χ0n) is 16.0. The molecule has 1 amide bonds. The minimum Gasteiger partial charge on any atom is -0.481 e. The monoisotopic (exact) mass is 400 g/mol. The van der Waals surface area contributed by atoms with E-state index in [-0.39, 0.29) is 23.4 Å². The molecule has 9 heteroatoms. The SMILES string of the molecule is CCC(C)OC(=O)C(Cc1cnc(NC(=O)OC(C)(C)C)c(Cl)c1)C(=O)O. The Balaban J connectivity index is 2.86. The molecule has 0 aromatic carbocycles. The Labute approximate surface area is 163 Å². The van der Waals surface area contributed by atoms with Gasteiger partial charge in [-0.1, -0.05) is 18.5 Å². The number of hydrogen-bond donors (Lipinski definition) is 2. The molecule has 0 fully saturated rings. The molecule has 0 bridgehead atoms. The van der Waals surface area contributed by atoms with E-state index in [0.717, 1.165) is 0 Å². The number of anilines is 1. The van der Waals surface area contributed by atoms with Gasteiger partial charge < -0.3 is 14.6 Å². The van der Waals surface area contributed by atoms with Crippen molar-refractivity contribution in [2.45, 2.75) is 59.2 Å². The lowest BCUT2D eigenvalue weighted by Crippen LogP contribution is -2.30. The highest BCUT2D eigenvalue weighted by atomic mass is 35.5. The first-order valence-electron chi connectivity index (χ1n) is 8.50. The first kappa shape index (κ1) is 22.7. The average molecular weight is 401 g/mol. The van der Waals surface area contributed by atoms with Gasteiger partial charge in [0.1, 0.15) is 5.60 Å². The summed E-state index contributed by atoms with van der Waals surface area (Å²) in [6.45, 7) is 8.67. The number of carboxylic acid groups (broad SMARTS) is 1. The molecular weight excluding hydrogens is 376 g/mol. The van der Waals surface area contributed by atoms with Crippen molar-refractivity contribution in [3.63, 3.8) is 0 Å². The Morgan fingerprint density at radius 3 is 2.44 bits per heavy atom. The lowest BCUT2D eigenvalue weighted by molar-refractivity contribution is -0.161. The van der Waals surface area contributed by atoms with Crippen molar-refractivity contribution in [2.75, 3.05) is 5.32 Å². The molecule has 1 aromatic heterocycles. The highest BCUT2D eigenvalue weighted by Crippen LogP contribution is 2.23. The molecule has 2 unspecified atom stereocenters. The Morgan fingerprint density at radius 1 is 1.33 bits per heavy atom. The Kier molecular flexibility index (Phi) is 8.02. The molecule has 2 atom stereocenters. The molecular formula is C18H25ClN2O6. The van der Waals surface area contributed by atoms with Crippen LogP contribution in [-0.4, -0.2) is 39.8 Å². The van der Waals surface area contributed by atoms with Crippen LogP contribution in [-0.2, 0) is 25.5 Å². The van der Waals surface area contributed by atoms with E-state index in [1.54, 1.807) is 27.7 Å². The maximum Gasteiger partial charge on any atom is 0.413 e. The summed E-state index contributed by atoms with van der Waals surface area (Å²) in [6.07, 6.45) is 0.692. The molecule has 2 N–H and O–H groups in total. The van der Waals surface area contributed by atoms with E-state index in [2.05, 4.69) is 10.3 Å². The number of pyridine rings is 1. The summed E-state index contributed by atoms with van der Waals surface area (Å²) in [6, 6.07) is 1.44. The Hall–Kier alpha value is -2.35. The number of aromatic nitrogens is 1. The van der Waals surface area contributed by atoms with Crippen molar-refractivity contribution in [3.05, 3.63) is 22.8 Å². The number of carbonyl (C=O) groups excluding carboxylic acids is 2. The van der Waals surface area contributed by atoms with E-state index in [4.69, 9.17) is 21.1 Å². The van der Waals surface area contributed by atoms with Crippen LogP contribution < -0.4 is 5.32 Å². The minimum atomic E-state index is -1.37. The highest BCUT2D eigenvalue weighted by Gasteiger charge is 2.29. The van der Waals surface area contributed by atoms with Crippen molar-refractivity contribution in [2.24, 2.45) is 5.92 Å². The number of aliphatic carboxylic acids is 1. The van der Waals surface area contributed by atoms with E-state index in [9.17, 15) is 19.5 Å². The first-order valence-corrected chi connectivity index (χ1v) is 8.88. The second-order valence-corrected chi connectivity index (χ2v) is 7.46. The molecule has 0 saturated carbocycles. The van der Waals surface area contributed by atoms with Crippen molar-refractivity contribution in [1.29, 1.82) is 0 Å². The largest absolute Gasteiger partial charge is 0.481 e. The molecule has 0 aliphatic heterocycles. The van der Waals surface area contributed by atoms with Gasteiger partial charge in [-0.25, -0.2) is 9.78 Å². The smallest absolute Gasteiger partial charge is 0.413 e. The van der Waals surface area contributed by atoms with Crippen LogP contribution in [0.3, 0.4) is 0 Å². The van der Waals surface area contributed by atoms with Gasteiger partial charge in [0.15, 0.2) is 11.7 Å². The number of hydrogen-bond acceptors (Lipinski definition) is 6. The van der Waals surface area contributed by atoms with Gasteiger partial charge in [-0.15, -0.1) is 0 Å². The van der Waals surface area contributed by atoms with Crippen LogP contribution >= 0.6 is 11.6 Å². The second kappa shape index (κ2) is 9.55. The van der Waals surface area contributed by atoms with E-state index in [1.165, 1.54) is 12.3 Å². The average Bonchev–Trinajstić information content (AvgIpc) is 2.52. The Bertz CT molecular complexity index is 702. The number of nitrogens with zero attached hydrogens (tertiary/aromatic N) is 1. The number of rotatable bonds is 7. The fourth-order valence-corrected chi connectivity index (χ4v) is 2.19. The molecule has 1 heterocycles. The van der Waals surface area contributed by atoms with Crippen molar-refractivity contribution in [3.8, 4) is 0 Å². The minimum absolute atomic E-state index is 0.0729. The summed E-state index contributed by atoms with van der Waals surface area (Å²) in [5, 5.41) is 11.8. The van der Waals surface area contributed by atoms with Gasteiger partial charge in [0, 0.05) is 6.20 Å². The van der Waals surface area contributed by atoms with E-state index in [1.807, 2.05) is 6.92 Å². The number of amides is 1. The molecule has 0 aliphatic carbocycles. The Morgan fingerprint density at radius 2 is 1.96 bits per heavy atom. The maximum atomic E-state index is 12.1. The zero-order chi connectivity index (χ0) is 20.8. The fraction of sp³-hybridized carbons (Fsp3) is 0.556. The molecule has 27 heavy (non-hydrogen) atoms. The third kappa shape index (κ3) is 7.82. The molecule has 0 spiro atoms. The normalized spacial score (nSPS) is 13.4. The van der Waals surface area contributed by atoms with Crippen LogP contribution in [0.2, 0.25) is 5.02 Å². The molecule has 0 radical (unpaired) electrons. The van der Waals surface area contributed by atoms with Crippen LogP contribution in [0.4, 0.5) is 10.6 Å². The van der Waals surface area contributed by atoms with Crippen LogP contribution in [0.25, 0.3) is 0 Å². The van der Waals surface area contributed by atoms with E-state index >= 15 is 0 Å². The van der Waals surface area contributed by atoms with Gasteiger partial charge in [0.05, 0.1) is 11.1 Å². The van der Waals surface area contributed by atoms with Crippen molar-refractivity contribution < 1.29 is 29.0 Å². The topological polar surface area (TPSA) is 115 Å². The van der Waals surface area contributed by atoms with Crippen LogP contribution in [0.5, 0.6) is 0 Å². The van der Waals surface area contributed by atoms with Crippen LogP contribution in [0.1, 0.15) is 46.6 Å². The van der Waals surface area contributed by atoms with Gasteiger partial charge in [-0.2, -0.15) is 0 Å². The quantitative estimate of drug-likeness (QED) is 0.530. The molecule has 1 rings (SSSR count). The molecule has 8 nitrogen and oxygen atoms in total. The van der Waals surface area contributed by atoms with Gasteiger partial charge in [0.25, 0.3) is 0 Å². The summed E-state index contributed by atoms with van der Waals surface area (Å²) in [5.74, 6) is -3.41. The van der Waals surface area contributed by atoms with Crippen LogP contribution in [0, 0.1) is 5.92 Å². The fourth-order valence-electron chi connectivity index (χ4n) is 1.95. The molecule has 0 aliphatic rings. The number of nitrogens with one attached hydrogen (secondary N) is 1. The summed E-state index contributed by atoms with van der Waals surface area (Å²) >= 11 is 6.10. The summed E-state index contributed by atoms with van der Waals surface area (Å²) in [7, 11) is 0. The summed E-state index contributed by atoms with van der Waals surface area (Å²) in [4.78, 5) is 39.3. The van der Waals surface area contributed by atoms with Crippen LogP contribution in [0.15, 0.2) is 12.3 Å². The van der Waals surface area contributed by atoms with Gasteiger partial charge in [-0.3, -0.25) is 14.9 Å². The number of halogens is 1. The maximum absolute atomic E-state index is 12.1. The third-order valence-corrected chi connectivity index (χ3v) is 3.72. The van der Waals surface area contributed by atoms with Gasteiger partial charge in [0.2, 0.25) is 0 Å². The predicted octanol–water partition coefficient (Wildman–Crippen LogP) is 3.67.